The predicted molar refractivity (Wildman–Crippen MR) is 83.3 cm³/mol. The maximum absolute atomic E-state index is 5.62. The minimum absolute atomic E-state index is 0.0494. The summed E-state index contributed by atoms with van der Waals surface area (Å²) < 4.78 is 16.4. The zero-order valence-corrected chi connectivity index (χ0v) is 13.1. The molecule has 1 aliphatic carbocycles. The number of aryl methyl sites for hydroxylation is 1. The van der Waals surface area contributed by atoms with E-state index in [1.165, 1.54) is 0 Å². The van der Waals surface area contributed by atoms with E-state index in [9.17, 15) is 0 Å². The molecule has 1 N–H and O–H groups in total. The summed E-state index contributed by atoms with van der Waals surface area (Å²) in [4.78, 5) is 9.11. The summed E-state index contributed by atoms with van der Waals surface area (Å²) in [5.41, 5.74) is 2.84. The van der Waals surface area contributed by atoms with E-state index in [0.717, 1.165) is 35.6 Å². The molecule has 7 heteroatoms. The first kappa shape index (κ1) is 14.6. The van der Waals surface area contributed by atoms with Crippen LogP contribution in [0, 0.1) is 6.92 Å². The van der Waals surface area contributed by atoms with Crippen LogP contribution in [-0.4, -0.2) is 47.6 Å². The first-order valence-corrected chi connectivity index (χ1v) is 8.03. The average molecular weight is 316 g/mol. The van der Waals surface area contributed by atoms with E-state index in [0.29, 0.717) is 38.2 Å². The molecule has 4 rings (SSSR count). The van der Waals surface area contributed by atoms with Gasteiger partial charge in [-0.05, 0) is 19.8 Å². The largest absolute Gasteiger partial charge is 0.376 e. The third-order valence-electron chi connectivity index (χ3n) is 4.05. The van der Waals surface area contributed by atoms with Crippen LogP contribution < -0.4 is 5.32 Å². The Kier molecular flexibility index (Phi) is 3.97. The van der Waals surface area contributed by atoms with Gasteiger partial charge in [0.05, 0.1) is 42.9 Å². The van der Waals surface area contributed by atoms with Gasteiger partial charge in [0.1, 0.15) is 0 Å². The van der Waals surface area contributed by atoms with Gasteiger partial charge in [-0.2, -0.15) is 0 Å². The molecule has 0 aromatic carbocycles. The Morgan fingerprint density at radius 1 is 1.30 bits per heavy atom. The van der Waals surface area contributed by atoms with Crippen molar-refractivity contribution >= 4 is 5.95 Å². The van der Waals surface area contributed by atoms with Crippen LogP contribution in [0.1, 0.15) is 30.1 Å². The van der Waals surface area contributed by atoms with Crippen molar-refractivity contribution in [3.8, 4) is 11.3 Å². The van der Waals surface area contributed by atoms with Gasteiger partial charge in [0.15, 0.2) is 5.76 Å². The normalized spacial score (nSPS) is 21.3. The monoisotopic (exact) mass is 316 g/mol. The fourth-order valence-electron chi connectivity index (χ4n) is 2.69. The smallest absolute Gasteiger partial charge is 0.222 e. The molecule has 2 aliphatic rings. The lowest BCUT2D eigenvalue weighted by atomic mass is 10.1. The zero-order chi connectivity index (χ0) is 15.6. The molecule has 1 saturated heterocycles. The molecule has 2 aromatic heterocycles. The van der Waals surface area contributed by atoms with Crippen molar-refractivity contribution in [2.75, 3.05) is 31.7 Å². The van der Waals surface area contributed by atoms with Crippen LogP contribution in [0.15, 0.2) is 16.8 Å². The van der Waals surface area contributed by atoms with Crippen LogP contribution in [0.25, 0.3) is 11.3 Å². The van der Waals surface area contributed by atoms with Crippen molar-refractivity contribution in [1.29, 1.82) is 0 Å². The van der Waals surface area contributed by atoms with E-state index in [4.69, 9.17) is 19.0 Å². The third-order valence-corrected chi connectivity index (χ3v) is 4.05. The Morgan fingerprint density at radius 2 is 2.22 bits per heavy atom. The molecule has 1 unspecified atom stereocenters. The topological polar surface area (TPSA) is 82.3 Å². The average Bonchev–Trinajstić information content (AvgIpc) is 3.35. The van der Waals surface area contributed by atoms with E-state index >= 15 is 0 Å². The lowest BCUT2D eigenvalue weighted by Crippen LogP contribution is -2.34. The fourth-order valence-corrected chi connectivity index (χ4v) is 2.69. The number of aromatic nitrogens is 3. The summed E-state index contributed by atoms with van der Waals surface area (Å²) in [6.07, 6.45) is 4.20. The minimum Gasteiger partial charge on any atom is -0.376 e. The molecule has 0 radical (unpaired) electrons. The van der Waals surface area contributed by atoms with Gasteiger partial charge in [-0.25, -0.2) is 9.97 Å². The van der Waals surface area contributed by atoms with E-state index in [-0.39, 0.29) is 6.10 Å². The Hall–Kier alpha value is -1.99. The second-order valence-electron chi connectivity index (χ2n) is 6.05. The number of nitrogens with zero attached hydrogens (tertiary/aromatic N) is 3. The molecule has 1 saturated carbocycles. The summed E-state index contributed by atoms with van der Waals surface area (Å²) in [7, 11) is 0. The summed E-state index contributed by atoms with van der Waals surface area (Å²) >= 11 is 0. The van der Waals surface area contributed by atoms with Crippen molar-refractivity contribution in [3.05, 3.63) is 23.7 Å². The van der Waals surface area contributed by atoms with Gasteiger partial charge in [0, 0.05) is 24.7 Å². The van der Waals surface area contributed by atoms with Crippen molar-refractivity contribution in [1.82, 2.24) is 15.1 Å². The van der Waals surface area contributed by atoms with E-state index in [1.807, 2.05) is 19.2 Å². The van der Waals surface area contributed by atoms with Gasteiger partial charge in [0.25, 0.3) is 0 Å². The number of ether oxygens (including phenoxy) is 2. The Balaban J connectivity index is 1.51. The Labute approximate surface area is 134 Å². The van der Waals surface area contributed by atoms with Crippen LogP contribution in [0.3, 0.4) is 0 Å². The number of hydrogen-bond acceptors (Lipinski definition) is 7. The van der Waals surface area contributed by atoms with Crippen LogP contribution >= 0.6 is 0 Å². The zero-order valence-electron chi connectivity index (χ0n) is 13.1. The van der Waals surface area contributed by atoms with Crippen LogP contribution in [0.4, 0.5) is 5.95 Å². The van der Waals surface area contributed by atoms with Gasteiger partial charge < -0.3 is 19.3 Å². The first-order chi connectivity index (χ1) is 11.3. The van der Waals surface area contributed by atoms with Crippen molar-refractivity contribution < 1.29 is 14.0 Å². The lowest BCUT2D eigenvalue weighted by molar-refractivity contribution is -0.0819. The van der Waals surface area contributed by atoms with Crippen LogP contribution in [-0.2, 0) is 9.47 Å². The van der Waals surface area contributed by atoms with Crippen LogP contribution in [0.2, 0.25) is 0 Å². The maximum Gasteiger partial charge on any atom is 0.222 e. The summed E-state index contributed by atoms with van der Waals surface area (Å²) in [5, 5.41) is 7.21. The molecular formula is C16H20N4O3. The fraction of sp³-hybridized carbons (Fsp3) is 0.562. The summed E-state index contributed by atoms with van der Waals surface area (Å²) in [5.74, 6) is 1.86. The highest BCUT2D eigenvalue weighted by atomic mass is 16.6. The van der Waals surface area contributed by atoms with Gasteiger partial charge >= 0.3 is 0 Å². The first-order valence-electron chi connectivity index (χ1n) is 8.03. The molecule has 3 heterocycles. The van der Waals surface area contributed by atoms with Crippen LogP contribution in [0.5, 0.6) is 0 Å². The van der Waals surface area contributed by atoms with Crippen molar-refractivity contribution in [2.24, 2.45) is 0 Å². The molecule has 2 fully saturated rings. The van der Waals surface area contributed by atoms with Gasteiger partial charge in [-0.3, -0.25) is 0 Å². The minimum atomic E-state index is 0.0494. The molecule has 1 atom stereocenters. The van der Waals surface area contributed by atoms with Crippen molar-refractivity contribution in [3.63, 3.8) is 0 Å². The maximum atomic E-state index is 5.62. The molecule has 0 amide bonds. The lowest BCUT2D eigenvalue weighted by Gasteiger charge is -2.23. The highest BCUT2D eigenvalue weighted by molar-refractivity contribution is 5.61. The molecule has 2 aromatic rings. The van der Waals surface area contributed by atoms with Gasteiger partial charge in [-0.15, -0.1) is 0 Å². The molecule has 0 spiro atoms. The second-order valence-corrected chi connectivity index (χ2v) is 6.05. The second kappa shape index (κ2) is 6.25. The number of rotatable bonds is 5. The Bertz CT molecular complexity index is 678. The van der Waals surface area contributed by atoms with E-state index in [2.05, 4.69) is 15.5 Å². The van der Waals surface area contributed by atoms with Gasteiger partial charge in [0.2, 0.25) is 5.95 Å². The quantitative estimate of drug-likeness (QED) is 0.905. The predicted octanol–water partition coefficient (Wildman–Crippen LogP) is 2.14. The molecule has 23 heavy (non-hydrogen) atoms. The summed E-state index contributed by atoms with van der Waals surface area (Å²) in [6.45, 7) is 4.48. The molecule has 122 valence electrons. The molecule has 7 nitrogen and oxygen atoms in total. The third kappa shape index (κ3) is 3.35. The Morgan fingerprint density at radius 3 is 2.91 bits per heavy atom. The number of nitrogens with one attached hydrogen (secondary N) is 1. The standard InChI is InChI=1S/C16H20N4O3/c1-10-6-14(23-20-10)13-8-18-16(19-15(13)11-2-3-11)17-7-12-9-21-4-5-22-12/h6,8,11-12H,2-5,7,9H2,1H3,(H,17,18,19). The highest BCUT2D eigenvalue weighted by Crippen LogP contribution is 2.43. The number of hydrogen-bond donors (Lipinski definition) is 1. The molecular weight excluding hydrogens is 296 g/mol. The van der Waals surface area contributed by atoms with E-state index < -0.39 is 0 Å². The molecule has 0 bridgehead atoms. The van der Waals surface area contributed by atoms with E-state index in [1.54, 1.807) is 0 Å². The van der Waals surface area contributed by atoms with Gasteiger partial charge in [-0.1, -0.05) is 5.16 Å². The molecule has 1 aliphatic heterocycles. The summed E-state index contributed by atoms with van der Waals surface area (Å²) in [6, 6.07) is 1.92. The SMILES string of the molecule is Cc1cc(-c2cnc(NCC3COCCO3)nc2C2CC2)on1. The highest BCUT2D eigenvalue weighted by Gasteiger charge is 2.30. The van der Waals surface area contributed by atoms with Crippen molar-refractivity contribution in [2.45, 2.75) is 31.8 Å². The number of anilines is 1.